The van der Waals surface area contributed by atoms with Crippen LogP contribution in [-0.2, 0) is 0 Å². The minimum absolute atomic E-state index is 0.531. The van der Waals surface area contributed by atoms with Gasteiger partial charge in [-0.3, -0.25) is 4.98 Å². The maximum atomic E-state index is 4.53. The molecule has 4 nitrogen and oxygen atoms in total. The third-order valence-electron chi connectivity index (χ3n) is 2.63. The summed E-state index contributed by atoms with van der Waals surface area (Å²) >= 11 is 6.81. The molecule has 6 heteroatoms. The molecule has 1 aliphatic carbocycles. The largest absolute Gasteiger partial charge is 0.339 e. The number of hydrogen-bond donors (Lipinski definition) is 1. The van der Waals surface area contributed by atoms with E-state index in [4.69, 9.17) is 0 Å². The number of nitrogens with one attached hydrogen (secondary N) is 1. The van der Waals surface area contributed by atoms with E-state index in [1.807, 2.05) is 12.1 Å². The summed E-state index contributed by atoms with van der Waals surface area (Å²) in [6.07, 6.45) is 5.89. The van der Waals surface area contributed by atoms with Gasteiger partial charge in [-0.25, -0.2) is 9.97 Å². The SMILES string of the molecule is Brc1cncc(Nc2cc(Br)nc(C3CC3)n2)c1. The van der Waals surface area contributed by atoms with Gasteiger partial charge in [0.25, 0.3) is 0 Å². The summed E-state index contributed by atoms with van der Waals surface area (Å²) < 4.78 is 1.74. The highest BCUT2D eigenvalue weighted by Gasteiger charge is 2.27. The van der Waals surface area contributed by atoms with Crippen molar-refractivity contribution in [2.24, 2.45) is 0 Å². The summed E-state index contributed by atoms with van der Waals surface area (Å²) in [4.78, 5) is 13.0. The minimum atomic E-state index is 0.531. The Kier molecular flexibility index (Phi) is 3.30. The second kappa shape index (κ2) is 4.93. The van der Waals surface area contributed by atoms with Gasteiger partial charge in [0.1, 0.15) is 16.2 Å². The van der Waals surface area contributed by atoms with Gasteiger partial charge in [0, 0.05) is 22.7 Å². The molecule has 1 fully saturated rings. The van der Waals surface area contributed by atoms with Crippen LogP contribution >= 0.6 is 31.9 Å². The number of aromatic nitrogens is 3. The Balaban J connectivity index is 1.87. The number of rotatable bonds is 3. The molecule has 0 radical (unpaired) electrons. The van der Waals surface area contributed by atoms with E-state index < -0.39 is 0 Å². The zero-order chi connectivity index (χ0) is 12.5. The molecule has 0 aromatic carbocycles. The van der Waals surface area contributed by atoms with E-state index in [2.05, 4.69) is 52.1 Å². The fraction of sp³-hybridized carbons (Fsp3) is 0.250. The average molecular weight is 370 g/mol. The molecule has 2 aromatic heterocycles. The third kappa shape index (κ3) is 2.87. The van der Waals surface area contributed by atoms with Gasteiger partial charge in [-0.1, -0.05) is 0 Å². The number of halogens is 2. The van der Waals surface area contributed by atoms with E-state index in [0.29, 0.717) is 5.92 Å². The minimum Gasteiger partial charge on any atom is -0.339 e. The topological polar surface area (TPSA) is 50.7 Å². The number of pyridine rings is 1. The monoisotopic (exact) mass is 368 g/mol. The molecule has 0 aliphatic heterocycles. The zero-order valence-corrected chi connectivity index (χ0v) is 12.6. The van der Waals surface area contributed by atoms with Crippen LogP contribution in [0.25, 0.3) is 0 Å². The summed E-state index contributed by atoms with van der Waals surface area (Å²) in [5.74, 6) is 2.23. The Labute approximate surface area is 122 Å². The van der Waals surface area contributed by atoms with Crippen molar-refractivity contribution in [2.75, 3.05) is 5.32 Å². The molecule has 0 spiro atoms. The molecule has 2 aromatic rings. The molecule has 2 heterocycles. The van der Waals surface area contributed by atoms with Gasteiger partial charge < -0.3 is 5.32 Å². The van der Waals surface area contributed by atoms with E-state index in [1.54, 1.807) is 12.4 Å². The molecule has 3 rings (SSSR count). The van der Waals surface area contributed by atoms with Crippen LogP contribution in [0.5, 0.6) is 0 Å². The molecule has 1 N–H and O–H groups in total. The van der Waals surface area contributed by atoms with Crippen LogP contribution in [0.15, 0.2) is 33.6 Å². The predicted molar refractivity (Wildman–Crippen MR) is 76.9 cm³/mol. The second-order valence-electron chi connectivity index (χ2n) is 4.23. The van der Waals surface area contributed by atoms with Crippen molar-refractivity contribution in [2.45, 2.75) is 18.8 Å². The molecular weight excluding hydrogens is 360 g/mol. The molecule has 18 heavy (non-hydrogen) atoms. The predicted octanol–water partition coefficient (Wildman–Crippen LogP) is 4.02. The van der Waals surface area contributed by atoms with Crippen LogP contribution in [-0.4, -0.2) is 15.0 Å². The highest BCUT2D eigenvalue weighted by Crippen LogP contribution is 2.39. The maximum Gasteiger partial charge on any atom is 0.135 e. The number of nitrogens with zero attached hydrogens (tertiary/aromatic N) is 3. The fourth-order valence-electron chi connectivity index (χ4n) is 1.65. The second-order valence-corrected chi connectivity index (χ2v) is 5.95. The van der Waals surface area contributed by atoms with E-state index in [-0.39, 0.29) is 0 Å². The van der Waals surface area contributed by atoms with Gasteiger partial charge in [0.05, 0.1) is 11.9 Å². The highest BCUT2D eigenvalue weighted by molar-refractivity contribution is 9.10. The summed E-state index contributed by atoms with van der Waals surface area (Å²) in [6, 6.07) is 3.83. The molecule has 0 unspecified atom stereocenters. The standard InChI is InChI=1S/C12H10Br2N4/c13-8-3-9(6-15-5-8)16-11-4-10(14)17-12(18-11)7-1-2-7/h3-7H,1-2H2,(H,16,17,18). The van der Waals surface area contributed by atoms with E-state index in [0.717, 1.165) is 26.4 Å². The molecule has 0 atom stereocenters. The Morgan fingerprint density at radius 2 is 1.94 bits per heavy atom. The van der Waals surface area contributed by atoms with Crippen molar-refractivity contribution in [1.82, 2.24) is 15.0 Å². The van der Waals surface area contributed by atoms with E-state index in [9.17, 15) is 0 Å². The molecule has 1 aliphatic rings. The van der Waals surface area contributed by atoms with Gasteiger partial charge >= 0.3 is 0 Å². The summed E-state index contributed by atoms with van der Waals surface area (Å²) in [5.41, 5.74) is 0.900. The Hall–Kier alpha value is -1.01. The average Bonchev–Trinajstić information content (AvgIpc) is 3.11. The molecular formula is C12H10Br2N4. The lowest BCUT2D eigenvalue weighted by molar-refractivity contribution is 0.919. The van der Waals surface area contributed by atoms with Crippen LogP contribution in [0.3, 0.4) is 0 Å². The Bertz CT molecular complexity index is 584. The van der Waals surface area contributed by atoms with Crippen molar-refractivity contribution in [3.63, 3.8) is 0 Å². The van der Waals surface area contributed by atoms with Crippen molar-refractivity contribution in [1.29, 1.82) is 0 Å². The lowest BCUT2D eigenvalue weighted by Crippen LogP contribution is -1.99. The number of anilines is 2. The maximum absolute atomic E-state index is 4.53. The van der Waals surface area contributed by atoms with Crippen LogP contribution in [0.2, 0.25) is 0 Å². The summed E-state index contributed by atoms with van der Waals surface area (Å²) in [7, 11) is 0. The smallest absolute Gasteiger partial charge is 0.135 e. The van der Waals surface area contributed by atoms with Crippen LogP contribution < -0.4 is 5.32 Å². The molecule has 1 saturated carbocycles. The van der Waals surface area contributed by atoms with Crippen molar-refractivity contribution < 1.29 is 0 Å². The molecule has 0 bridgehead atoms. The first-order chi connectivity index (χ1) is 8.70. The van der Waals surface area contributed by atoms with Crippen LogP contribution in [0.4, 0.5) is 11.5 Å². The Morgan fingerprint density at radius 1 is 1.11 bits per heavy atom. The lowest BCUT2D eigenvalue weighted by Gasteiger charge is -2.07. The van der Waals surface area contributed by atoms with Crippen molar-refractivity contribution in [3.05, 3.63) is 39.4 Å². The highest BCUT2D eigenvalue weighted by atomic mass is 79.9. The third-order valence-corrected chi connectivity index (χ3v) is 3.47. The van der Waals surface area contributed by atoms with Gasteiger partial charge in [-0.2, -0.15) is 0 Å². The summed E-state index contributed by atoms with van der Waals surface area (Å²) in [5, 5.41) is 3.24. The normalized spacial score (nSPS) is 14.6. The van der Waals surface area contributed by atoms with E-state index >= 15 is 0 Å². The van der Waals surface area contributed by atoms with Crippen LogP contribution in [0.1, 0.15) is 24.6 Å². The first-order valence-corrected chi connectivity index (χ1v) is 7.21. The zero-order valence-electron chi connectivity index (χ0n) is 9.40. The van der Waals surface area contributed by atoms with E-state index in [1.165, 1.54) is 12.8 Å². The molecule has 92 valence electrons. The first-order valence-electron chi connectivity index (χ1n) is 5.63. The van der Waals surface area contributed by atoms with Crippen molar-refractivity contribution in [3.8, 4) is 0 Å². The van der Waals surface area contributed by atoms with Gasteiger partial charge in [0.15, 0.2) is 0 Å². The van der Waals surface area contributed by atoms with Gasteiger partial charge in [-0.15, -0.1) is 0 Å². The van der Waals surface area contributed by atoms with Gasteiger partial charge in [-0.05, 0) is 50.8 Å². The van der Waals surface area contributed by atoms with Crippen LogP contribution in [0, 0.1) is 0 Å². The lowest BCUT2D eigenvalue weighted by atomic mass is 10.3. The van der Waals surface area contributed by atoms with Crippen molar-refractivity contribution >= 4 is 43.4 Å². The molecule has 0 saturated heterocycles. The first kappa shape index (κ1) is 12.0. The fourth-order valence-corrected chi connectivity index (χ4v) is 2.41. The molecule has 0 amide bonds. The quantitative estimate of drug-likeness (QED) is 0.830. The van der Waals surface area contributed by atoms with Gasteiger partial charge in [0.2, 0.25) is 0 Å². The Morgan fingerprint density at radius 3 is 2.67 bits per heavy atom. The number of hydrogen-bond acceptors (Lipinski definition) is 4. The summed E-state index contributed by atoms with van der Waals surface area (Å²) in [6.45, 7) is 0.